The number of hydrogen-bond donors (Lipinski definition) is 0. The quantitative estimate of drug-likeness (QED) is 0.652. The first-order valence-electron chi connectivity index (χ1n) is 5.27. The van der Waals surface area contributed by atoms with Crippen molar-refractivity contribution in [1.29, 1.82) is 0 Å². The summed E-state index contributed by atoms with van der Waals surface area (Å²) in [5, 5.41) is 0. The van der Waals surface area contributed by atoms with Crippen molar-refractivity contribution in [2.24, 2.45) is 11.8 Å². The lowest BCUT2D eigenvalue weighted by Crippen LogP contribution is -2.15. The van der Waals surface area contributed by atoms with Crippen LogP contribution < -0.4 is 0 Å². The molecular formula is C13H18O. The van der Waals surface area contributed by atoms with E-state index in [1.54, 1.807) is 0 Å². The second kappa shape index (κ2) is 5.58. The highest BCUT2D eigenvalue weighted by atomic mass is 16.1. The largest absolute Gasteiger partial charge is 0.303 e. The zero-order valence-corrected chi connectivity index (χ0v) is 8.94. The van der Waals surface area contributed by atoms with Crippen LogP contribution in [0.2, 0.25) is 0 Å². The summed E-state index contributed by atoms with van der Waals surface area (Å²) in [4.78, 5) is 10.9. The predicted octanol–water partition coefficient (Wildman–Crippen LogP) is 3.09. The third kappa shape index (κ3) is 2.99. The Morgan fingerprint density at radius 1 is 1.29 bits per heavy atom. The maximum absolute atomic E-state index is 10.9. The zero-order chi connectivity index (χ0) is 10.4. The molecule has 0 aromatic heterocycles. The van der Waals surface area contributed by atoms with E-state index in [1.165, 1.54) is 5.56 Å². The van der Waals surface area contributed by atoms with Crippen molar-refractivity contribution >= 4 is 6.29 Å². The lowest BCUT2D eigenvalue weighted by Gasteiger charge is -2.16. The molecule has 0 amide bonds. The Labute approximate surface area is 86.1 Å². The molecule has 0 aliphatic carbocycles. The molecule has 0 saturated heterocycles. The van der Waals surface area contributed by atoms with Gasteiger partial charge >= 0.3 is 0 Å². The summed E-state index contributed by atoms with van der Waals surface area (Å²) in [6, 6.07) is 10.2. The van der Waals surface area contributed by atoms with E-state index in [0.717, 1.165) is 19.1 Å². The van der Waals surface area contributed by atoms with E-state index < -0.39 is 0 Å². The Morgan fingerprint density at radius 2 is 1.93 bits per heavy atom. The molecule has 0 heterocycles. The van der Waals surface area contributed by atoms with Gasteiger partial charge in [-0.15, -0.1) is 0 Å². The minimum absolute atomic E-state index is 0.169. The molecule has 1 nitrogen and oxygen atoms in total. The van der Waals surface area contributed by atoms with Crippen LogP contribution in [0.3, 0.4) is 0 Å². The highest BCUT2D eigenvalue weighted by molar-refractivity contribution is 5.54. The molecule has 1 aromatic rings. The first-order valence-corrected chi connectivity index (χ1v) is 5.27. The van der Waals surface area contributed by atoms with Crippen molar-refractivity contribution < 1.29 is 4.79 Å². The summed E-state index contributed by atoms with van der Waals surface area (Å²) >= 11 is 0. The molecular weight excluding hydrogens is 172 g/mol. The average Bonchev–Trinajstić information content (AvgIpc) is 2.26. The fraction of sp³-hybridized carbons (Fsp3) is 0.462. The van der Waals surface area contributed by atoms with Crippen molar-refractivity contribution in [3.05, 3.63) is 35.9 Å². The number of carbonyl (C=O) groups is 1. The lowest BCUT2D eigenvalue weighted by molar-refractivity contribution is -0.112. The van der Waals surface area contributed by atoms with E-state index in [0.29, 0.717) is 5.92 Å². The molecule has 76 valence electrons. The van der Waals surface area contributed by atoms with Gasteiger partial charge in [0.05, 0.1) is 0 Å². The Bertz CT molecular complexity index is 266. The first-order chi connectivity index (χ1) is 6.77. The smallest absolute Gasteiger partial charge is 0.123 e. The molecule has 0 fully saturated rings. The molecule has 0 spiro atoms. The molecule has 0 aliphatic heterocycles. The van der Waals surface area contributed by atoms with E-state index in [9.17, 15) is 4.79 Å². The van der Waals surface area contributed by atoms with Crippen LogP contribution in [0.1, 0.15) is 25.8 Å². The summed E-state index contributed by atoms with van der Waals surface area (Å²) < 4.78 is 0. The summed E-state index contributed by atoms with van der Waals surface area (Å²) in [6.07, 6.45) is 3.04. The van der Waals surface area contributed by atoms with Crippen molar-refractivity contribution in [2.75, 3.05) is 0 Å². The van der Waals surface area contributed by atoms with Crippen LogP contribution in [0.5, 0.6) is 0 Å². The monoisotopic (exact) mass is 190 g/mol. The van der Waals surface area contributed by atoms with Crippen LogP contribution in [-0.2, 0) is 11.2 Å². The number of aldehydes is 1. The van der Waals surface area contributed by atoms with E-state index >= 15 is 0 Å². The number of hydrogen-bond acceptors (Lipinski definition) is 1. The van der Waals surface area contributed by atoms with Crippen LogP contribution in [0.25, 0.3) is 0 Å². The van der Waals surface area contributed by atoms with Crippen molar-refractivity contribution in [3.63, 3.8) is 0 Å². The lowest BCUT2D eigenvalue weighted by atomic mass is 9.88. The average molecular weight is 190 g/mol. The van der Waals surface area contributed by atoms with E-state index in [1.807, 2.05) is 18.2 Å². The van der Waals surface area contributed by atoms with Crippen LogP contribution in [-0.4, -0.2) is 6.29 Å². The molecule has 2 unspecified atom stereocenters. The number of benzene rings is 1. The van der Waals surface area contributed by atoms with Gasteiger partial charge in [-0.1, -0.05) is 50.6 Å². The standard InChI is InChI=1S/C13H18O/c1-3-11(2)13(10-14)9-12-7-5-4-6-8-12/h4-8,10-11,13H,3,9H2,1-2H3. The minimum atomic E-state index is 0.169. The van der Waals surface area contributed by atoms with Gasteiger partial charge in [-0.25, -0.2) is 0 Å². The summed E-state index contributed by atoms with van der Waals surface area (Å²) in [5.74, 6) is 0.648. The fourth-order valence-corrected chi connectivity index (χ4v) is 1.57. The molecule has 2 atom stereocenters. The van der Waals surface area contributed by atoms with Gasteiger partial charge in [0.1, 0.15) is 6.29 Å². The normalized spacial score (nSPS) is 14.7. The van der Waals surface area contributed by atoms with E-state index in [2.05, 4.69) is 26.0 Å². The Hall–Kier alpha value is -1.11. The van der Waals surface area contributed by atoms with Gasteiger partial charge in [-0.05, 0) is 17.9 Å². The van der Waals surface area contributed by atoms with Gasteiger partial charge < -0.3 is 4.79 Å². The SMILES string of the molecule is CCC(C)C(C=O)Cc1ccccc1. The fourth-order valence-electron chi connectivity index (χ4n) is 1.57. The third-order valence-electron chi connectivity index (χ3n) is 2.86. The summed E-state index contributed by atoms with van der Waals surface area (Å²) in [7, 11) is 0. The molecule has 0 N–H and O–H groups in total. The van der Waals surface area contributed by atoms with Crippen molar-refractivity contribution in [2.45, 2.75) is 26.7 Å². The predicted molar refractivity (Wildman–Crippen MR) is 59.2 cm³/mol. The van der Waals surface area contributed by atoms with Gasteiger partial charge in [-0.3, -0.25) is 0 Å². The third-order valence-corrected chi connectivity index (χ3v) is 2.86. The second-order valence-electron chi connectivity index (χ2n) is 3.88. The second-order valence-corrected chi connectivity index (χ2v) is 3.88. The molecule has 1 rings (SSSR count). The van der Waals surface area contributed by atoms with Gasteiger partial charge in [0.2, 0.25) is 0 Å². The molecule has 0 aliphatic rings. The van der Waals surface area contributed by atoms with Crippen molar-refractivity contribution in [3.8, 4) is 0 Å². The van der Waals surface area contributed by atoms with Gasteiger partial charge in [0, 0.05) is 5.92 Å². The molecule has 1 heteroatoms. The maximum atomic E-state index is 10.9. The molecule has 0 saturated carbocycles. The first kappa shape index (κ1) is 11.0. The summed E-state index contributed by atoms with van der Waals surface area (Å²) in [5.41, 5.74) is 1.25. The Balaban J connectivity index is 2.61. The minimum Gasteiger partial charge on any atom is -0.303 e. The number of rotatable bonds is 5. The molecule has 1 aromatic carbocycles. The zero-order valence-electron chi connectivity index (χ0n) is 8.94. The van der Waals surface area contributed by atoms with Crippen LogP contribution >= 0.6 is 0 Å². The van der Waals surface area contributed by atoms with Crippen LogP contribution in [0, 0.1) is 11.8 Å². The highest BCUT2D eigenvalue weighted by Crippen LogP contribution is 2.18. The molecule has 14 heavy (non-hydrogen) atoms. The van der Waals surface area contributed by atoms with Gasteiger partial charge in [-0.2, -0.15) is 0 Å². The molecule has 0 bridgehead atoms. The molecule has 0 radical (unpaired) electrons. The van der Waals surface area contributed by atoms with Gasteiger partial charge in [0.15, 0.2) is 0 Å². The summed E-state index contributed by atoms with van der Waals surface area (Å²) in [6.45, 7) is 4.27. The van der Waals surface area contributed by atoms with Crippen molar-refractivity contribution in [1.82, 2.24) is 0 Å². The van der Waals surface area contributed by atoms with E-state index in [-0.39, 0.29) is 5.92 Å². The van der Waals surface area contributed by atoms with Crippen LogP contribution in [0.15, 0.2) is 30.3 Å². The topological polar surface area (TPSA) is 17.1 Å². The van der Waals surface area contributed by atoms with Crippen LogP contribution in [0.4, 0.5) is 0 Å². The Kier molecular flexibility index (Phi) is 4.37. The van der Waals surface area contributed by atoms with Gasteiger partial charge in [0.25, 0.3) is 0 Å². The van der Waals surface area contributed by atoms with E-state index in [4.69, 9.17) is 0 Å². The highest BCUT2D eigenvalue weighted by Gasteiger charge is 2.14. The number of carbonyl (C=O) groups excluding carboxylic acids is 1. The maximum Gasteiger partial charge on any atom is 0.123 e. The Morgan fingerprint density at radius 3 is 2.43 bits per heavy atom.